The summed E-state index contributed by atoms with van der Waals surface area (Å²) in [5, 5.41) is 5.91. The van der Waals surface area contributed by atoms with Crippen molar-refractivity contribution in [3.63, 3.8) is 0 Å². The Morgan fingerprint density at radius 1 is 1.06 bits per heavy atom. The Hall–Kier alpha value is -3.95. The minimum absolute atomic E-state index is 0.429. The number of benzene rings is 2. The molecule has 1 aliphatic rings. The van der Waals surface area contributed by atoms with Crippen molar-refractivity contribution in [2.75, 3.05) is 36.2 Å². The van der Waals surface area contributed by atoms with Gasteiger partial charge in [-0.05, 0) is 42.0 Å². The first-order valence-electron chi connectivity index (χ1n) is 10.3. The van der Waals surface area contributed by atoms with Crippen LogP contribution in [-0.4, -0.2) is 46.8 Å². The van der Waals surface area contributed by atoms with Crippen LogP contribution in [0.25, 0.3) is 16.8 Å². The smallest absolute Gasteiger partial charge is 0.248 e. The zero-order valence-electron chi connectivity index (χ0n) is 17.4. The molecule has 2 aromatic heterocycles. The highest BCUT2D eigenvalue weighted by Gasteiger charge is 2.15. The van der Waals surface area contributed by atoms with Crippen molar-refractivity contribution in [3.05, 3.63) is 72.6 Å². The van der Waals surface area contributed by atoms with E-state index in [2.05, 4.69) is 22.1 Å². The van der Waals surface area contributed by atoms with Crippen LogP contribution in [0.3, 0.4) is 0 Å². The molecule has 32 heavy (non-hydrogen) atoms. The lowest BCUT2D eigenvalue weighted by Gasteiger charge is -2.29. The van der Waals surface area contributed by atoms with Crippen molar-refractivity contribution in [1.82, 2.24) is 14.6 Å². The lowest BCUT2D eigenvalue weighted by molar-refractivity contribution is 0.100. The summed E-state index contributed by atoms with van der Waals surface area (Å²) in [5.41, 5.74) is 10.0. The van der Waals surface area contributed by atoms with E-state index in [0.29, 0.717) is 17.0 Å². The van der Waals surface area contributed by atoms with Gasteiger partial charge < -0.3 is 15.4 Å². The zero-order valence-corrected chi connectivity index (χ0v) is 17.4. The predicted molar refractivity (Wildman–Crippen MR) is 123 cm³/mol. The van der Waals surface area contributed by atoms with Crippen molar-refractivity contribution in [3.8, 4) is 11.1 Å². The Labute approximate surface area is 184 Å². The average molecular weight is 429 g/mol. The summed E-state index contributed by atoms with van der Waals surface area (Å²) in [7, 11) is 0. The number of primary amides is 1. The second kappa shape index (κ2) is 8.29. The van der Waals surface area contributed by atoms with Crippen molar-refractivity contribution in [2.24, 2.45) is 11.6 Å². The van der Waals surface area contributed by atoms with Gasteiger partial charge in [0, 0.05) is 42.2 Å². The molecule has 3 heterocycles. The minimum atomic E-state index is -0.481. The average Bonchev–Trinajstić information content (AvgIpc) is 3.27. The summed E-state index contributed by atoms with van der Waals surface area (Å²) in [5.74, 6) is 6.50. The highest BCUT2D eigenvalue weighted by atomic mass is 16.5. The molecule has 2 aromatic carbocycles. The largest absolute Gasteiger partial charge is 0.378 e. The van der Waals surface area contributed by atoms with Crippen LogP contribution >= 0.6 is 0 Å². The van der Waals surface area contributed by atoms with Gasteiger partial charge in [-0.3, -0.25) is 9.80 Å². The van der Waals surface area contributed by atoms with Crippen LogP contribution in [0, 0.1) is 0 Å². The van der Waals surface area contributed by atoms with Gasteiger partial charge in [-0.1, -0.05) is 12.1 Å². The van der Waals surface area contributed by atoms with Gasteiger partial charge in [0.05, 0.1) is 25.1 Å². The maximum atomic E-state index is 11.6. The maximum Gasteiger partial charge on any atom is 0.248 e. The van der Waals surface area contributed by atoms with E-state index in [-0.39, 0.29) is 0 Å². The maximum absolute atomic E-state index is 11.6. The van der Waals surface area contributed by atoms with Gasteiger partial charge >= 0.3 is 0 Å². The quantitative estimate of drug-likeness (QED) is 0.370. The zero-order chi connectivity index (χ0) is 22.1. The normalized spacial score (nSPS) is 14.0. The van der Waals surface area contributed by atoms with E-state index >= 15 is 0 Å². The lowest BCUT2D eigenvalue weighted by Crippen LogP contribution is -2.36. The third-order valence-corrected chi connectivity index (χ3v) is 5.56. The SMILES string of the molecule is NC(=O)c1cccc(-c2cnn3ccc(N(N)c4ccc(N5CCOCC5)cc4)nc23)c1. The number of anilines is 3. The number of morpholine rings is 1. The molecular weight excluding hydrogens is 406 g/mol. The third kappa shape index (κ3) is 3.75. The summed E-state index contributed by atoms with van der Waals surface area (Å²) in [4.78, 5) is 18.6. The van der Waals surface area contributed by atoms with Gasteiger partial charge in [0.15, 0.2) is 11.5 Å². The van der Waals surface area contributed by atoms with Crippen molar-refractivity contribution in [1.29, 1.82) is 0 Å². The molecule has 1 fully saturated rings. The third-order valence-electron chi connectivity index (χ3n) is 5.56. The van der Waals surface area contributed by atoms with E-state index < -0.39 is 5.91 Å². The first-order valence-corrected chi connectivity index (χ1v) is 10.3. The predicted octanol–water partition coefficient (Wildman–Crippen LogP) is 2.34. The van der Waals surface area contributed by atoms with Crippen LogP contribution in [0.5, 0.6) is 0 Å². The molecule has 9 heteroatoms. The van der Waals surface area contributed by atoms with Gasteiger partial charge in [-0.25, -0.2) is 15.3 Å². The highest BCUT2D eigenvalue weighted by molar-refractivity contribution is 5.94. The van der Waals surface area contributed by atoms with E-state index in [4.69, 9.17) is 21.3 Å². The van der Waals surface area contributed by atoms with Gasteiger partial charge in [0.1, 0.15) is 0 Å². The van der Waals surface area contributed by atoms with Crippen molar-refractivity contribution in [2.45, 2.75) is 0 Å². The number of nitrogens with zero attached hydrogens (tertiary/aromatic N) is 5. The molecule has 5 rings (SSSR count). The molecule has 0 saturated carbocycles. The standard InChI is InChI=1S/C23H23N7O2/c24-22(31)17-3-1-2-16(14-17)20-15-26-29-9-8-21(27-23(20)29)30(25)19-6-4-18(5-7-19)28-10-12-32-13-11-28/h1-9,14-15H,10-13,25H2,(H2,24,31). The number of amides is 1. The van der Waals surface area contributed by atoms with Crippen LogP contribution < -0.4 is 21.5 Å². The van der Waals surface area contributed by atoms with Crippen molar-refractivity contribution >= 4 is 28.7 Å². The molecule has 1 saturated heterocycles. The summed E-state index contributed by atoms with van der Waals surface area (Å²) in [6.45, 7) is 3.24. The summed E-state index contributed by atoms with van der Waals surface area (Å²) < 4.78 is 7.09. The van der Waals surface area contributed by atoms with E-state index in [1.165, 1.54) is 0 Å². The van der Waals surface area contributed by atoms with E-state index in [1.807, 2.05) is 18.2 Å². The molecule has 1 aliphatic heterocycles. The fourth-order valence-electron chi connectivity index (χ4n) is 3.82. The molecule has 162 valence electrons. The first-order chi connectivity index (χ1) is 15.6. The molecule has 4 N–H and O–H groups in total. The van der Waals surface area contributed by atoms with Gasteiger partial charge in [-0.2, -0.15) is 5.10 Å². The number of nitrogens with two attached hydrogens (primary N) is 2. The second-order valence-electron chi connectivity index (χ2n) is 7.54. The van der Waals surface area contributed by atoms with Crippen LogP contribution in [-0.2, 0) is 4.74 Å². The highest BCUT2D eigenvalue weighted by Crippen LogP contribution is 2.28. The number of fused-ring (bicyclic) bond motifs is 1. The van der Waals surface area contributed by atoms with Gasteiger partial charge in [0.25, 0.3) is 0 Å². The summed E-state index contributed by atoms with van der Waals surface area (Å²) >= 11 is 0. The first kappa shape index (κ1) is 20.0. The summed E-state index contributed by atoms with van der Waals surface area (Å²) in [6.07, 6.45) is 3.52. The Kier molecular flexibility index (Phi) is 5.18. The van der Waals surface area contributed by atoms with E-state index in [9.17, 15) is 4.79 Å². The molecule has 9 nitrogen and oxygen atoms in total. The number of carbonyl (C=O) groups is 1. The molecule has 0 spiro atoms. The number of hydrogen-bond acceptors (Lipinski definition) is 7. The van der Waals surface area contributed by atoms with Gasteiger partial charge in [0.2, 0.25) is 5.91 Å². The minimum Gasteiger partial charge on any atom is -0.378 e. The molecule has 0 unspecified atom stereocenters. The number of hydrogen-bond donors (Lipinski definition) is 2. The molecule has 4 aromatic rings. The van der Waals surface area contributed by atoms with Crippen LogP contribution in [0.1, 0.15) is 10.4 Å². The monoisotopic (exact) mass is 429 g/mol. The van der Waals surface area contributed by atoms with E-state index in [0.717, 1.165) is 48.8 Å². The number of rotatable bonds is 5. The number of aromatic nitrogens is 3. The number of hydrazine groups is 1. The molecule has 0 bridgehead atoms. The fourth-order valence-corrected chi connectivity index (χ4v) is 3.82. The van der Waals surface area contributed by atoms with E-state index in [1.54, 1.807) is 46.2 Å². The van der Waals surface area contributed by atoms with Crippen LogP contribution in [0.4, 0.5) is 17.2 Å². The molecule has 1 amide bonds. The molecule has 0 atom stereocenters. The van der Waals surface area contributed by atoms with Crippen LogP contribution in [0.2, 0.25) is 0 Å². The Bertz CT molecular complexity index is 1260. The molecule has 0 aliphatic carbocycles. The lowest BCUT2D eigenvalue weighted by atomic mass is 10.1. The molecular formula is C23H23N7O2. The van der Waals surface area contributed by atoms with Gasteiger partial charge in [-0.15, -0.1) is 0 Å². The topological polar surface area (TPSA) is 115 Å². The van der Waals surface area contributed by atoms with Crippen molar-refractivity contribution < 1.29 is 9.53 Å². The fraction of sp³-hybridized carbons (Fsp3) is 0.174. The summed E-state index contributed by atoms with van der Waals surface area (Å²) in [6, 6.07) is 17.0. The Balaban J connectivity index is 1.45. The Morgan fingerprint density at radius 3 is 2.59 bits per heavy atom. The number of ether oxygens (including phenoxy) is 1. The molecule has 0 radical (unpaired) electrons. The van der Waals surface area contributed by atoms with Crippen LogP contribution in [0.15, 0.2) is 67.0 Å². The Morgan fingerprint density at radius 2 is 1.84 bits per heavy atom. The second-order valence-corrected chi connectivity index (χ2v) is 7.54. The number of carbonyl (C=O) groups excluding carboxylic acids is 1.